The first-order valence-corrected chi connectivity index (χ1v) is 8.38. The summed E-state index contributed by atoms with van der Waals surface area (Å²) in [5, 5.41) is 6.23. The molecule has 6 heteroatoms. The molecule has 0 aliphatic carbocycles. The number of carbonyl (C=O) groups is 2. The SMILES string of the molecule is CC(=O)Nc1cccc(NC(=O)CSc2ccccc2Cl)c1C. The molecule has 0 radical (unpaired) electrons. The third-order valence-electron chi connectivity index (χ3n) is 3.11. The highest BCUT2D eigenvalue weighted by Crippen LogP contribution is 2.27. The number of carbonyl (C=O) groups excluding carboxylic acids is 2. The fraction of sp³-hybridized carbons (Fsp3) is 0.176. The largest absolute Gasteiger partial charge is 0.326 e. The Morgan fingerprint density at radius 2 is 1.70 bits per heavy atom. The molecule has 0 fully saturated rings. The van der Waals surface area contributed by atoms with Gasteiger partial charge in [0.1, 0.15) is 0 Å². The molecule has 0 saturated heterocycles. The first-order valence-electron chi connectivity index (χ1n) is 7.01. The Bertz CT molecular complexity index is 734. The van der Waals surface area contributed by atoms with Crippen molar-refractivity contribution in [3.05, 3.63) is 53.1 Å². The van der Waals surface area contributed by atoms with Crippen LogP contribution < -0.4 is 10.6 Å². The number of thioether (sulfide) groups is 1. The van der Waals surface area contributed by atoms with Crippen LogP contribution in [0, 0.1) is 6.92 Å². The van der Waals surface area contributed by atoms with E-state index < -0.39 is 0 Å². The highest BCUT2D eigenvalue weighted by molar-refractivity contribution is 8.00. The lowest BCUT2D eigenvalue weighted by Gasteiger charge is -2.12. The molecule has 0 aromatic heterocycles. The zero-order valence-corrected chi connectivity index (χ0v) is 14.4. The van der Waals surface area contributed by atoms with E-state index in [1.807, 2.05) is 25.1 Å². The Kier molecular flexibility index (Phi) is 6.07. The van der Waals surface area contributed by atoms with Crippen LogP contribution in [0.5, 0.6) is 0 Å². The predicted molar refractivity (Wildman–Crippen MR) is 96.3 cm³/mol. The van der Waals surface area contributed by atoms with Crippen LogP contribution in [0.25, 0.3) is 0 Å². The number of hydrogen-bond donors (Lipinski definition) is 2. The van der Waals surface area contributed by atoms with Gasteiger partial charge in [0.15, 0.2) is 0 Å². The van der Waals surface area contributed by atoms with E-state index in [0.29, 0.717) is 16.4 Å². The molecule has 4 nitrogen and oxygen atoms in total. The van der Waals surface area contributed by atoms with E-state index in [1.165, 1.54) is 18.7 Å². The maximum Gasteiger partial charge on any atom is 0.234 e. The molecule has 0 saturated carbocycles. The van der Waals surface area contributed by atoms with E-state index in [2.05, 4.69) is 10.6 Å². The molecular weight excluding hydrogens is 332 g/mol. The summed E-state index contributed by atoms with van der Waals surface area (Å²) in [5.74, 6) is -0.0167. The number of halogens is 1. The number of hydrogen-bond acceptors (Lipinski definition) is 3. The summed E-state index contributed by atoms with van der Waals surface area (Å²) in [7, 11) is 0. The average Bonchev–Trinajstić information content (AvgIpc) is 2.50. The summed E-state index contributed by atoms with van der Waals surface area (Å²) in [6, 6.07) is 12.8. The highest BCUT2D eigenvalue weighted by atomic mass is 35.5. The van der Waals surface area contributed by atoms with Crippen molar-refractivity contribution in [1.29, 1.82) is 0 Å². The zero-order valence-electron chi connectivity index (χ0n) is 12.9. The van der Waals surface area contributed by atoms with Gasteiger partial charge < -0.3 is 10.6 Å². The standard InChI is InChI=1S/C17H17ClN2O2S/c1-11-14(19-12(2)21)7-5-8-15(11)20-17(22)10-23-16-9-4-3-6-13(16)18/h3-9H,10H2,1-2H3,(H,19,21)(H,20,22). The Balaban J connectivity index is 2.00. The number of nitrogens with one attached hydrogen (secondary N) is 2. The molecule has 0 atom stereocenters. The van der Waals surface area contributed by atoms with E-state index >= 15 is 0 Å². The van der Waals surface area contributed by atoms with Gasteiger partial charge in [-0.2, -0.15) is 0 Å². The summed E-state index contributed by atoms with van der Waals surface area (Å²) in [6.45, 7) is 3.30. The molecule has 2 aromatic rings. The second-order valence-corrected chi connectivity index (χ2v) is 6.35. The Morgan fingerprint density at radius 1 is 1.04 bits per heavy atom. The Morgan fingerprint density at radius 3 is 2.35 bits per heavy atom. The minimum Gasteiger partial charge on any atom is -0.326 e. The van der Waals surface area contributed by atoms with Crippen molar-refractivity contribution in [2.45, 2.75) is 18.7 Å². The lowest BCUT2D eigenvalue weighted by Crippen LogP contribution is -2.16. The molecule has 23 heavy (non-hydrogen) atoms. The molecule has 2 aromatic carbocycles. The minimum absolute atomic E-state index is 0.127. The van der Waals surface area contributed by atoms with Crippen molar-refractivity contribution < 1.29 is 9.59 Å². The summed E-state index contributed by atoms with van der Waals surface area (Å²) in [4.78, 5) is 24.2. The summed E-state index contributed by atoms with van der Waals surface area (Å²) < 4.78 is 0. The fourth-order valence-electron chi connectivity index (χ4n) is 1.99. The van der Waals surface area contributed by atoms with Crippen molar-refractivity contribution in [2.75, 3.05) is 16.4 Å². The smallest absolute Gasteiger partial charge is 0.234 e. The molecule has 0 aliphatic heterocycles. The molecule has 0 heterocycles. The van der Waals surface area contributed by atoms with Crippen LogP contribution in [0.4, 0.5) is 11.4 Å². The maximum atomic E-state index is 12.1. The summed E-state index contributed by atoms with van der Waals surface area (Å²) in [6.07, 6.45) is 0. The summed E-state index contributed by atoms with van der Waals surface area (Å²) >= 11 is 7.45. The molecule has 2 amide bonds. The van der Waals surface area contributed by atoms with E-state index in [1.54, 1.807) is 24.3 Å². The van der Waals surface area contributed by atoms with Crippen molar-refractivity contribution in [3.8, 4) is 0 Å². The van der Waals surface area contributed by atoms with Gasteiger partial charge >= 0.3 is 0 Å². The molecule has 0 unspecified atom stereocenters. The van der Waals surface area contributed by atoms with Gasteiger partial charge in [0.25, 0.3) is 0 Å². The number of benzene rings is 2. The minimum atomic E-state index is -0.147. The second-order valence-electron chi connectivity index (χ2n) is 4.93. The summed E-state index contributed by atoms with van der Waals surface area (Å²) in [5.41, 5.74) is 2.19. The fourth-order valence-corrected chi connectivity index (χ4v) is 3.03. The predicted octanol–water partition coefficient (Wildman–Crippen LogP) is 4.34. The third-order valence-corrected chi connectivity index (χ3v) is 4.63. The second kappa shape index (κ2) is 8.04. The van der Waals surface area contributed by atoms with E-state index in [4.69, 9.17) is 11.6 Å². The van der Waals surface area contributed by atoms with Gasteiger partial charge in [0.2, 0.25) is 11.8 Å². The van der Waals surface area contributed by atoms with Gasteiger partial charge in [-0.1, -0.05) is 29.8 Å². The Labute approximate surface area is 144 Å². The van der Waals surface area contributed by atoms with Crippen LogP contribution in [0.1, 0.15) is 12.5 Å². The normalized spacial score (nSPS) is 10.2. The van der Waals surface area contributed by atoms with E-state index in [9.17, 15) is 9.59 Å². The van der Waals surface area contributed by atoms with Gasteiger partial charge in [-0.05, 0) is 36.8 Å². The van der Waals surface area contributed by atoms with Crippen molar-refractivity contribution in [3.63, 3.8) is 0 Å². The van der Waals surface area contributed by atoms with Crippen molar-refractivity contribution in [2.24, 2.45) is 0 Å². The van der Waals surface area contributed by atoms with Crippen LogP contribution in [0.3, 0.4) is 0 Å². The van der Waals surface area contributed by atoms with Crippen LogP contribution in [-0.4, -0.2) is 17.6 Å². The maximum absolute atomic E-state index is 12.1. The first kappa shape index (κ1) is 17.4. The van der Waals surface area contributed by atoms with Gasteiger partial charge in [-0.15, -0.1) is 11.8 Å². The third kappa shape index (κ3) is 5.01. The number of amides is 2. The molecular formula is C17H17ClN2O2S. The molecule has 2 rings (SSSR count). The quantitative estimate of drug-likeness (QED) is 0.790. The van der Waals surface area contributed by atoms with Crippen molar-refractivity contribution >= 4 is 46.6 Å². The lowest BCUT2D eigenvalue weighted by molar-refractivity contribution is -0.114. The van der Waals surface area contributed by atoms with Crippen LogP contribution >= 0.6 is 23.4 Å². The zero-order chi connectivity index (χ0) is 16.8. The van der Waals surface area contributed by atoms with Gasteiger partial charge in [0, 0.05) is 23.2 Å². The molecule has 2 N–H and O–H groups in total. The molecule has 0 spiro atoms. The Hall–Kier alpha value is -1.98. The highest BCUT2D eigenvalue weighted by Gasteiger charge is 2.10. The van der Waals surface area contributed by atoms with E-state index in [0.717, 1.165) is 10.5 Å². The number of anilines is 2. The van der Waals surface area contributed by atoms with Crippen molar-refractivity contribution in [1.82, 2.24) is 0 Å². The topological polar surface area (TPSA) is 58.2 Å². The average molecular weight is 349 g/mol. The molecule has 120 valence electrons. The van der Waals surface area contributed by atoms with Crippen LogP contribution in [0.2, 0.25) is 5.02 Å². The number of rotatable bonds is 5. The van der Waals surface area contributed by atoms with Gasteiger partial charge in [0.05, 0.1) is 10.8 Å². The van der Waals surface area contributed by atoms with Crippen LogP contribution in [0.15, 0.2) is 47.4 Å². The molecule has 0 bridgehead atoms. The molecule has 0 aliphatic rings. The lowest BCUT2D eigenvalue weighted by atomic mass is 10.1. The monoisotopic (exact) mass is 348 g/mol. The first-order chi connectivity index (χ1) is 11.0. The van der Waals surface area contributed by atoms with Crippen LogP contribution in [-0.2, 0) is 9.59 Å². The van der Waals surface area contributed by atoms with Gasteiger partial charge in [-0.3, -0.25) is 9.59 Å². The van der Waals surface area contributed by atoms with Gasteiger partial charge in [-0.25, -0.2) is 0 Å². The van der Waals surface area contributed by atoms with E-state index in [-0.39, 0.29) is 17.6 Å².